The first-order valence-corrected chi connectivity index (χ1v) is 7.20. The molecule has 5 heteroatoms. The molecule has 116 valence electrons. The molecule has 1 aromatic heterocycles. The number of aromatic nitrogens is 2. The van der Waals surface area contributed by atoms with Crippen molar-refractivity contribution in [2.24, 2.45) is 0 Å². The molecule has 0 saturated carbocycles. The Morgan fingerprint density at radius 1 is 1.13 bits per heavy atom. The second-order valence-electron chi connectivity index (χ2n) is 5.08. The molecule has 0 aliphatic heterocycles. The van der Waals surface area contributed by atoms with E-state index < -0.39 is 0 Å². The second kappa shape index (κ2) is 6.36. The summed E-state index contributed by atoms with van der Waals surface area (Å²) in [7, 11) is 3.36. The third-order valence-electron chi connectivity index (χ3n) is 3.60. The Labute approximate surface area is 134 Å². The van der Waals surface area contributed by atoms with Gasteiger partial charge >= 0.3 is 6.03 Å². The van der Waals surface area contributed by atoms with Crippen LogP contribution in [0, 0.1) is 0 Å². The lowest BCUT2D eigenvalue weighted by Crippen LogP contribution is -2.30. The normalized spacial score (nSPS) is 10.3. The van der Waals surface area contributed by atoms with Gasteiger partial charge in [0.15, 0.2) is 0 Å². The molecule has 23 heavy (non-hydrogen) atoms. The van der Waals surface area contributed by atoms with Crippen molar-refractivity contribution < 1.29 is 9.53 Å². The van der Waals surface area contributed by atoms with Crippen LogP contribution in [-0.2, 0) is 0 Å². The Bertz CT molecular complexity index is 812. The Hall–Kier alpha value is -3.08. The largest absolute Gasteiger partial charge is 0.497 e. The Morgan fingerprint density at radius 3 is 2.65 bits per heavy atom. The highest BCUT2D eigenvalue weighted by molar-refractivity contribution is 5.93. The molecule has 0 unspecified atom stereocenters. The molecular weight excluding hydrogens is 290 g/mol. The predicted molar refractivity (Wildman–Crippen MR) is 89.9 cm³/mol. The van der Waals surface area contributed by atoms with Crippen molar-refractivity contribution in [3.63, 3.8) is 0 Å². The van der Waals surface area contributed by atoms with Crippen molar-refractivity contribution in [2.75, 3.05) is 19.1 Å². The summed E-state index contributed by atoms with van der Waals surface area (Å²) in [5.41, 5.74) is 2.45. The van der Waals surface area contributed by atoms with Gasteiger partial charge in [0.2, 0.25) is 0 Å². The van der Waals surface area contributed by atoms with Gasteiger partial charge in [-0.25, -0.2) is 9.78 Å². The first-order valence-electron chi connectivity index (χ1n) is 7.20. The average Bonchev–Trinajstić information content (AvgIpc) is 3.11. The van der Waals surface area contributed by atoms with Crippen LogP contribution in [0.15, 0.2) is 67.1 Å². The average molecular weight is 307 g/mol. The highest BCUT2D eigenvalue weighted by atomic mass is 16.5. The summed E-state index contributed by atoms with van der Waals surface area (Å²) in [6.07, 6.45) is 3.24. The number of ether oxygens (including phenoxy) is 1. The molecule has 1 amide bonds. The molecule has 3 rings (SSSR count). The molecule has 0 aliphatic rings. The zero-order chi connectivity index (χ0) is 16.2. The number of benzene rings is 2. The monoisotopic (exact) mass is 307 g/mol. The van der Waals surface area contributed by atoms with Gasteiger partial charge in [0.25, 0.3) is 0 Å². The van der Waals surface area contributed by atoms with Crippen LogP contribution in [0.2, 0.25) is 0 Å². The van der Waals surface area contributed by atoms with Crippen LogP contribution in [0.3, 0.4) is 0 Å². The summed E-state index contributed by atoms with van der Waals surface area (Å²) in [5.74, 6) is 0.754. The number of nitrogens with zero attached hydrogens (tertiary/aromatic N) is 3. The second-order valence-corrected chi connectivity index (χ2v) is 5.08. The van der Waals surface area contributed by atoms with Crippen LogP contribution in [0.1, 0.15) is 0 Å². The minimum Gasteiger partial charge on any atom is -0.497 e. The summed E-state index contributed by atoms with van der Waals surface area (Å²) < 4.78 is 6.69. The third kappa shape index (κ3) is 3.08. The topological polar surface area (TPSA) is 47.4 Å². The molecule has 5 nitrogen and oxygen atoms in total. The molecule has 1 heterocycles. The molecule has 0 bridgehead atoms. The fourth-order valence-electron chi connectivity index (χ4n) is 2.29. The van der Waals surface area contributed by atoms with Crippen LogP contribution >= 0.6 is 0 Å². The van der Waals surface area contributed by atoms with E-state index in [-0.39, 0.29) is 6.03 Å². The van der Waals surface area contributed by atoms with Crippen molar-refractivity contribution in [3.05, 3.63) is 67.1 Å². The number of hydrogen-bond donors (Lipinski definition) is 0. The van der Waals surface area contributed by atoms with Gasteiger partial charge < -0.3 is 4.74 Å². The van der Waals surface area contributed by atoms with E-state index in [0.29, 0.717) is 0 Å². The Kier molecular flexibility index (Phi) is 4.10. The SMILES string of the molecule is COc1cccc(-c2cn(C(=O)N(C)c3ccccc3)cn2)c1. The van der Waals surface area contributed by atoms with Crippen molar-refractivity contribution in [3.8, 4) is 17.0 Å². The zero-order valence-corrected chi connectivity index (χ0v) is 13.0. The summed E-state index contributed by atoms with van der Waals surface area (Å²) in [6, 6.07) is 16.9. The summed E-state index contributed by atoms with van der Waals surface area (Å²) in [4.78, 5) is 18.4. The van der Waals surface area contributed by atoms with Gasteiger partial charge in [-0.15, -0.1) is 0 Å². The number of carbonyl (C=O) groups excluding carboxylic acids is 1. The fourth-order valence-corrected chi connectivity index (χ4v) is 2.29. The standard InChI is InChI=1S/C18H17N3O2/c1-20(15-8-4-3-5-9-15)18(22)21-12-17(19-13-21)14-7-6-10-16(11-14)23-2/h3-13H,1-2H3. The maximum atomic E-state index is 12.5. The number of imidazole rings is 1. The molecule has 0 N–H and O–H groups in total. The van der Waals surface area contributed by atoms with E-state index >= 15 is 0 Å². The minimum absolute atomic E-state index is 0.169. The minimum atomic E-state index is -0.169. The molecule has 0 fully saturated rings. The quantitative estimate of drug-likeness (QED) is 0.742. The molecule has 0 aliphatic carbocycles. The molecule has 0 saturated heterocycles. The van der Waals surface area contributed by atoms with Crippen LogP contribution in [0.4, 0.5) is 10.5 Å². The number of amides is 1. The summed E-state index contributed by atoms with van der Waals surface area (Å²) in [5, 5.41) is 0. The Balaban J connectivity index is 1.85. The first-order chi connectivity index (χ1) is 11.2. The molecule has 0 spiro atoms. The third-order valence-corrected chi connectivity index (χ3v) is 3.60. The zero-order valence-electron chi connectivity index (χ0n) is 13.0. The van der Waals surface area contributed by atoms with Gasteiger partial charge in [-0.1, -0.05) is 30.3 Å². The highest BCUT2D eigenvalue weighted by Gasteiger charge is 2.14. The number of para-hydroxylation sites is 1. The lowest BCUT2D eigenvalue weighted by molar-refractivity contribution is 0.249. The maximum Gasteiger partial charge on any atom is 0.333 e. The van der Waals surface area contributed by atoms with E-state index in [1.54, 1.807) is 25.3 Å². The lowest BCUT2D eigenvalue weighted by atomic mass is 10.1. The Morgan fingerprint density at radius 2 is 1.91 bits per heavy atom. The van der Waals surface area contributed by atoms with Crippen LogP contribution in [0.25, 0.3) is 11.3 Å². The van der Waals surface area contributed by atoms with Gasteiger partial charge in [-0.05, 0) is 24.3 Å². The van der Waals surface area contributed by atoms with Crippen molar-refractivity contribution >= 4 is 11.7 Å². The van der Waals surface area contributed by atoms with E-state index in [2.05, 4.69) is 4.98 Å². The van der Waals surface area contributed by atoms with Crippen LogP contribution < -0.4 is 9.64 Å². The van der Waals surface area contributed by atoms with Crippen molar-refractivity contribution in [1.29, 1.82) is 0 Å². The lowest BCUT2D eigenvalue weighted by Gasteiger charge is -2.16. The number of rotatable bonds is 3. The number of methoxy groups -OCH3 is 1. The van der Waals surface area contributed by atoms with E-state index in [9.17, 15) is 4.79 Å². The van der Waals surface area contributed by atoms with Crippen molar-refractivity contribution in [1.82, 2.24) is 9.55 Å². The number of hydrogen-bond acceptors (Lipinski definition) is 3. The smallest absolute Gasteiger partial charge is 0.333 e. The van der Waals surface area contributed by atoms with Gasteiger partial charge in [0.05, 0.1) is 12.8 Å². The molecule has 0 atom stereocenters. The number of carbonyl (C=O) groups is 1. The van der Waals surface area contributed by atoms with E-state index in [4.69, 9.17) is 4.74 Å². The molecule has 3 aromatic rings. The van der Waals surface area contributed by atoms with Gasteiger partial charge in [-0.2, -0.15) is 0 Å². The number of anilines is 1. The summed E-state index contributed by atoms with van der Waals surface area (Å²) in [6.45, 7) is 0. The van der Waals surface area contributed by atoms with Gasteiger partial charge in [0, 0.05) is 24.5 Å². The molecular formula is C18H17N3O2. The molecule has 2 aromatic carbocycles. The highest BCUT2D eigenvalue weighted by Crippen LogP contribution is 2.22. The summed E-state index contributed by atoms with van der Waals surface area (Å²) >= 11 is 0. The fraction of sp³-hybridized carbons (Fsp3) is 0.111. The van der Waals surface area contributed by atoms with Crippen molar-refractivity contribution in [2.45, 2.75) is 0 Å². The van der Waals surface area contributed by atoms with E-state index in [0.717, 1.165) is 22.7 Å². The van der Waals surface area contributed by atoms with E-state index in [1.807, 2.05) is 54.6 Å². The predicted octanol–water partition coefficient (Wildman–Crippen LogP) is 3.66. The van der Waals surface area contributed by atoms with Crippen LogP contribution in [-0.4, -0.2) is 29.7 Å². The molecule has 0 radical (unpaired) electrons. The van der Waals surface area contributed by atoms with Gasteiger partial charge in [0.1, 0.15) is 12.1 Å². The van der Waals surface area contributed by atoms with E-state index in [1.165, 1.54) is 10.9 Å². The van der Waals surface area contributed by atoms with Crippen LogP contribution in [0.5, 0.6) is 5.75 Å². The maximum absolute atomic E-state index is 12.5. The van der Waals surface area contributed by atoms with Gasteiger partial charge in [-0.3, -0.25) is 9.47 Å². The first kappa shape index (κ1) is 14.8.